The lowest BCUT2D eigenvalue weighted by Crippen LogP contribution is -2.28. The summed E-state index contributed by atoms with van der Waals surface area (Å²) in [6.07, 6.45) is 0. The zero-order chi connectivity index (χ0) is 24.9. The Hall–Kier alpha value is -3.52. The van der Waals surface area contributed by atoms with Crippen molar-refractivity contribution < 1.29 is 19.2 Å². The molecule has 1 aromatic heterocycles. The minimum Gasteiger partial charge on any atom is -0.480 e. The van der Waals surface area contributed by atoms with E-state index in [1.807, 2.05) is 55.5 Å². The van der Waals surface area contributed by atoms with Gasteiger partial charge < -0.3 is 14.4 Å². The monoisotopic (exact) mass is 507 g/mol. The molecule has 0 aliphatic carbocycles. The molecule has 0 saturated heterocycles. The van der Waals surface area contributed by atoms with Crippen LogP contribution in [0.4, 0.5) is 0 Å². The van der Waals surface area contributed by atoms with Crippen molar-refractivity contribution in [1.82, 2.24) is 15.0 Å². The molecule has 0 radical (unpaired) electrons. The molecule has 0 aliphatic heterocycles. The number of aromatic nitrogens is 2. The van der Waals surface area contributed by atoms with Crippen LogP contribution in [0.5, 0.6) is 0 Å². The molecule has 0 amide bonds. The number of ether oxygens (including phenoxy) is 1. The van der Waals surface area contributed by atoms with Crippen LogP contribution in [0, 0.1) is 6.92 Å². The van der Waals surface area contributed by atoms with Crippen LogP contribution in [0.25, 0.3) is 34.0 Å². The molecular formula is C28H30ClN3O4. The van der Waals surface area contributed by atoms with Gasteiger partial charge in [-0.15, -0.1) is 12.4 Å². The number of hydrogen-bond acceptors (Lipinski definition) is 6. The number of carboxylic acid groups (broad SMARTS) is 1. The fourth-order valence-electron chi connectivity index (χ4n) is 4.11. The molecule has 1 atom stereocenters. The molecule has 1 unspecified atom stereocenters. The second-order valence-electron chi connectivity index (χ2n) is 8.65. The lowest BCUT2D eigenvalue weighted by molar-refractivity contribution is -0.138. The zero-order valence-corrected chi connectivity index (χ0v) is 21.6. The van der Waals surface area contributed by atoms with E-state index in [2.05, 4.69) is 35.3 Å². The highest BCUT2D eigenvalue weighted by molar-refractivity contribution is 5.85. The Bertz CT molecular complexity index is 1320. The Morgan fingerprint density at radius 2 is 1.75 bits per heavy atom. The van der Waals surface area contributed by atoms with Crippen LogP contribution < -0.4 is 0 Å². The van der Waals surface area contributed by atoms with Crippen LogP contribution in [-0.4, -0.2) is 46.8 Å². The van der Waals surface area contributed by atoms with Gasteiger partial charge in [0.1, 0.15) is 0 Å². The Labute approximate surface area is 217 Å². The van der Waals surface area contributed by atoms with Crippen molar-refractivity contribution in [2.24, 2.45) is 0 Å². The summed E-state index contributed by atoms with van der Waals surface area (Å²) in [4.78, 5) is 17.4. The molecule has 0 fully saturated rings. The summed E-state index contributed by atoms with van der Waals surface area (Å²) in [5.74, 6) is 0.0811. The number of methoxy groups -OCH3 is 1. The van der Waals surface area contributed by atoms with E-state index in [4.69, 9.17) is 14.4 Å². The predicted octanol–water partition coefficient (Wildman–Crippen LogP) is 6.02. The second-order valence-corrected chi connectivity index (χ2v) is 8.65. The number of aliphatic carboxylic acids is 1. The normalized spacial score (nSPS) is 11.8. The summed E-state index contributed by atoms with van der Waals surface area (Å²) in [7, 11) is 3.48. The summed E-state index contributed by atoms with van der Waals surface area (Å²) < 4.78 is 11.1. The lowest BCUT2D eigenvalue weighted by atomic mass is 9.94. The van der Waals surface area contributed by atoms with E-state index in [0.717, 1.165) is 27.8 Å². The summed E-state index contributed by atoms with van der Waals surface area (Å²) >= 11 is 0. The van der Waals surface area contributed by atoms with E-state index in [1.54, 1.807) is 19.1 Å². The number of likely N-dealkylation sites (N-methyl/N-ethyl adjacent to an activating group) is 1. The van der Waals surface area contributed by atoms with Gasteiger partial charge in [0.05, 0.1) is 13.2 Å². The number of hydrogen-bond donors (Lipinski definition) is 1. The average molecular weight is 508 g/mol. The van der Waals surface area contributed by atoms with Gasteiger partial charge in [-0.3, -0.25) is 9.69 Å². The van der Waals surface area contributed by atoms with Gasteiger partial charge in [0.25, 0.3) is 5.89 Å². The fourth-order valence-corrected chi connectivity index (χ4v) is 4.11. The number of aryl methyl sites for hydroxylation is 1. The van der Waals surface area contributed by atoms with E-state index >= 15 is 0 Å². The fraction of sp³-hybridized carbons (Fsp3) is 0.250. The highest BCUT2D eigenvalue weighted by Gasteiger charge is 2.17. The van der Waals surface area contributed by atoms with Crippen molar-refractivity contribution in [3.63, 3.8) is 0 Å². The van der Waals surface area contributed by atoms with Crippen LogP contribution in [0.2, 0.25) is 0 Å². The molecule has 36 heavy (non-hydrogen) atoms. The number of benzene rings is 3. The molecule has 1 N–H and O–H groups in total. The van der Waals surface area contributed by atoms with Gasteiger partial charge in [0, 0.05) is 24.3 Å². The quantitative estimate of drug-likeness (QED) is 0.296. The van der Waals surface area contributed by atoms with Gasteiger partial charge in [-0.05, 0) is 60.8 Å². The smallest absolute Gasteiger partial charge is 0.317 e. The van der Waals surface area contributed by atoms with Gasteiger partial charge in [0.15, 0.2) is 0 Å². The molecule has 0 aliphatic rings. The first-order chi connectivity index (χ1) is 16.9. The Balaban J connectivity index is 0.00000361. The van der Waals surface area contributed by atoms with E-state index in [1.165, 1.54) is 11.1 Å². The Morgan fingerprint density at radius 1 is 1.06 bits per heavy atom. The number of halogens is 1. The van der Waals surface area contributed by atoms with Crippen LogP contribution in [-0.2, 0) is 16.1 Å². The Kier molecular flexibility index (Phi) is 8.98. The third-order valence-electron chi connectivity index (χ3n) is 6.21. The van der Waals surface area contributed by atoms with Crippen LogP contribution in [0.15, 0.2) is 71.3 Å². The van der Waals surface area contributed by atoms with Crippen molar-refractivity contribution in [3.05, 3.63) is 83.4 Å². The first-order valence-electron chi connectivity index (χ1n) is 11.4. The third kappa shape index (κ3) is 5.99. The summed E-state index contributed by atoms with van der Waals surface area (Å²) in [6.45, 7) is 4.52. The zero-order valence-electron chi connectivity index (χ0n) is 20.8. The van der Waals surface area contributed by atoms with Gasteiger partial charge in [-0.25, -0.2) is 0 Å². The van der Waals surface area contributed by atoms with Crippen molar-refractivity contribution in [3.8, 4) is 34.0 Å². The minimum absolute atomic E-state index is 0. The SMILES string of the molecule is COCc1cc(-c2nc(-c3ccc(C(C)N(C)CC(=O)O)cc3)no2)ccc1-c1ccccc1C.Cl. The molecule has 0 bridgehead atoms. The molecule has 188 valence electrons. The maximum atomic E-state index is 11.0. The number of rotatable bonds is 9. The maximum absolute atomic E-state index is 11.0. The highest BCUT2D eigenvalue weighted by Crippen LogP contribution is 2.32. The molecule has 8 heteroatoms. The van der Waals surface area contributed by atoms with Crippen molar-refractivity contribution in [1.29, 1.82) is 0 Å². The minimum atomic E-state index is -0.851. The molecule has 3 aromatic carbocycles. The van der Waals surface area contributed by atoms with Gasteiger partial charge >= 0.3 is 5.97 Å². The number of carboxylic acids is 1. The summed E-state index contributed by atoms with van der Waals surface area (Å²) in [5.41, 5.74) is 7.19. The number of nitrogens with zero attached hydrogens (tertiary/aromatic N) is 3. The molecular weight excluding hydrogens is 478 g/mol. The largest absolute Gasteiger partial charge is 0.480 e. The molecule has 4 rings (SSSR count). The summed E-state index contributed by atoms with van der Waals surface area (Å²) in [6, 6.07) is 22.1. The van der Waals surface area contributed by atoms with Crippen LogP contribution in [0.3, 0.4) is 0 Å². The Morgan fingerprint density at radius 3 is 2.42 bits per heavy atom. The van der Waals surface area contributed by atoms with E-state index in [9.17, 15) is 4.79 Å². The average Bonchev–Trinajstić information content (AvgIpc) is 3.34. The second kappa shape index (κ2) is 11.9. The molecule has 4 aromatic rings. The van der Waals surface area contributed by atoms with Crippen molar-refractivity contribution >= 4 is 18.4 Å². The first kappa shape index (κ1) is 27.1. The maximum Gasteiger partial charge on any atom is 0.317 e. The van der Waals surface area contributed by atoms with E-state index in [0.29, 0.717) is 18.3 Å². The van der Waals surface area contributed by atoms with Crippen LogP contribution >= 0.6 is 12.4 Å². The summed E-state index contributed by atoms with van der Waals surface area (Å²) in [5, 5.41) is 13.2. The van der Waals surface area contributed by atoms with Gasteiger partial charge in [-0.1, -0.05) is 59.8 Å². The molecule has 1 heterocycles. The highest BCUT2D eigenvalue weighted by atomic mass is 35.5. The third-order valence-corrected chi connectivity index (χ3v) is 6.21. The van der Waals surface area contributed by atoms with E-state index in [-0.39, 0.29) is 25.0 Å². The first-order valence-corrected chi connectivity index (χ1v) is 11.4. The molecule has 0 spiro atoms. The van der Waals surface area contributed by atoms with Crippen molar-refractivity contribution in [2.75, 3.05) is 20.7 Å². The molecule has 7 nitrogen and oxygen atoms in total. The van der Waals surface area contributed by atoms with Gasteiger partial charge in [-0.2, -0.15) is 4.98 Å². The topological polar surface area (TPSA) is 88.7 Å². The lowest BCUT2D eigenvalue weighted by Gasteiger charge is -2.23. The van der Waals surface area contributed by atoms with Crippen LogP contribution in [0.1, 0.15) is 29.7 Å². The van der Waals surface area contributed by atoms with Crippen molar-refractivity contribution in [2.45, 2.75) is 26.5 Å². The molecule has 0 saturated carbocycles. The van der Waals surface area contributed by atoms with E-state index < -0.39 is 5.97 Å². The standard InChI is InChI=1S/C28H29N3O4.ClH/c1-18-7-5-6-8-24(18)25-14-13-22(15-23(25)17-34-4)28-29-27(30-35-28)21-11-9-20(10-12-21)19(2)31(3)16-26(32)33;/h5-15,19H,16-17H2,1-4H3,(H,32,33);1H. The number of carbonyl (C=O) groups is 1. The van der Waals surface area contributed by atoms with Gasteiger partial charge in [0.2, 0.25) is 5.82 Å². The predicted molar refractivity (Wildman–Crippen MR) is 142 cm³/mol.